The van der Waals surface area contributed by atoms with E-state index in [9.17, 15) is 0 Å². The smallest absolute Gasteiger partial charge is 0.0992 e. The third kappa shape index (κ3) is 4.06. The van der Waals surface area contributed by atoms with Gasteiger partial charge in [0.1, 0.15) is 0 Å². The summed E-state index contributed by atoms with van der Waals surface area (Å²) in [6.07, 6.45) is 0. The molecule has 1 rings (SSSR count). The zero-order valence-electron chi connectivity index (χ0n) is 8.34. The Bertz CT molecular complexity index is 375. The van der Waals surface area contributed by atoms with Crippen LogP contribution in [0.5, 0.6) is 0 Å². The highest BCUT2D eigenvalue weighted by Crippen LogP contribution is 2.29. The van der Waals surface area contributed by atoms with E-state index in [2.05, 4.69) is 28.9 Å². The molecule has 0 radical (unpaired) electrons. The Balaban J connectivity index is 2.67. The molecular weight excluding hydrogens is 294 g/mol. The third-order valence-electron chi connectivity index (χ3n) is 1.85. The van der Waals surface area contributed by atoms with Crippen molar-refractivity contribution in [3.63, 3.8) is 0 Å². The fourth-order valence-corrected chi connectivity index (χ4v) is 2.87. The maximum absolute atomic E-state index is 8.71. The van der Waals surface area contributed by atoms with Gasteiger partial charge in [-0.3, -0.25) is 0 Å². The lowest BCUT2D eigenvalue weighted by Crippen LogP contribution is -1.98. The molecule has 0 aliphatic carbocycles. The second kappa shape index (κ2) is 6.42. The SMILES string of the molecule is CC(CCl)CSc1ccc(C#N)cc1Br. The van der Waals surface area contributed by atoms with Crippen LogP contribution in [0.3, 0.4) is 0 Å². The summed E-state index contributed by atoms with van der Waals surface area (Å²) in [6, 6.07) is 7.75. The van der Waals surface area contributed by atoms with E-state index in [4.69, 9.17) is 16.9 Å². The average Bonchev–Trinajstić information content (AvgIpc) is 2.26. The van der Waals surface area contributed by atoms with E-state index in [1.807, 2.05) is 18.2 Å². The van der Waals surface area contributed by atoms with Crippen LogP contribution >= 0.6 is 39.3 Å². The second-order valence-corrected chi connectivity index (χ2v) is 5.55. The number of nitriles is 1. The van der Waals surface area contributed by atoms with Crippen molar-refractivity contribution in [2.75, 3.05) is 11.6 Å². The minimum Gasteiger partial charge on any atom is -0.192 e. The Morgan fingerprint density at radius 3 is 2.87 bits per heavy atom. The van der Waals surface area contributed by atoms with Gasteiger partial charge in [-0.15, -0.1) is 23.4 Å². The van der Waals surface area contributed by atoms with Crippen molar-refractivity contribution in [1.29, 1.82) is 5.26 Å². The molecule has 0 saturated heterocycles. The summed E-state index contributed by atoms with van der Waals surface area (Å²) in [5.41, 5.74) is 0.677. The molecule has 1 nitrogen and oxygen atoms in total. The van der Waals surface area contributed by atoms with Gasteiger partial charge < -0.3 is 0 Å². The lowest BCUT2D eigenvalue weighted by atomic mass is 10.2. The van der Waals surface area contributed by atoms with Crippen molar-refractivity contribution in [1.82, 2.24) is 0 Å². The number of halogens is 2. The fourth-order valence-electron chi connectivity index (χ4n) is 0.964. The first kappa shape index (κ1) is 12.9. The molecule has 0 amide bonds. The monoisotopic (exact) mass is 303 g/mol. The van der Waals surface area contributed by atoms with Crippen LogP contribution < -0.4 is 0 Å². The summed E-state index contributed by atoms with van der Waals surface area (Å²) in [7, 11) is 0. The molecule has 0 aromatic heterocycles. The van der Waals surface area contributed by atoms with Crippen molar-refractivity contribution in [3.05, 3.63) is 28.2 Å². The van der Waals surface area contributed by atoms with E-state index in [0.717, 1.165) is 15.1 Å². The Kier molecular flexibility index (Phi) is 5.52. The Morgan fingerprint density at radius 2 is 2.33 bits per heavy atom. The highest BCUT2D eigenvalue weighted by molar-refractivity contribution is 9.10. The predicted molar refractivity (Wildman–Crippen MR) is 69.5 cm³/mol. The summed E-state index contributed by atoms with van der Waals surface area (Å²) in [4.78, 5) is 1.16. The fraction of sp³-hybridized carbons (Fsp3) is 0.364. The first-order chi connectivity index (χ1) is 7.17. The van der Waals surface area contributed by atoms with Crippen LogP contribution in [0, 0.1) is 17.2 Å². The number of thioether (sulfide) groups is 1. The minimum absolute atomic E-state index is 0.499. The van der Waals surface area contributed by atoms with E-state index in [1.54, 1.807) is 11.8 Å². The van der Waals surface area contributed by atoms with E-state index < -0.39 is 0 Å². The summed E-state index contributed by atoms with van der Waals surface area (Å²) in [6.45, 7) is 2.12. The molecular formula is C11H11BrClNS. The van der Waals surface area contributed by atoms with E-state index in [-0.39, 0.29) is 0 Å². The number of alkyl halides is 1. The molecule has 1 unspecified atom stereocenters. The van der Waals surface area contributed by atoms with Gasteiger partial charge in [0.15, 0.2) is 0 Å². The summed E-state index contributed by atoms with van der Waals surface area (Å²) >= 11 is 11.0. The maximum Gasteiger partial charge on any atom is 0.0992 e. The Labute approximate surface area is 108 Å². The van der Waals surface area contributed by atoms with Crippen molar-refractivity contribution in [2.45, 2.75) is 11.8 Å². The molecule has 0 fully saturated rings. The van der Waals surface area contributed by atoms with Gasteiger partial charge in [-0.25, -0.2) is 0 Å². The van der Waals surface area contributed by atoms with Gasteiger partial charge in [-0.2, -0.15) is 5.26 Å². The number of nitrogens with zero attached hydrogens (tertiary/aromatic N) is 1. The minimum atomic E-state index is 0.499. The molecule has 0 spiro atoms. The zero-order valence-corrected chi connectivity index (χ0v) is 11.5. The van der Waals surface area contributed by atoms with Crippen LogP contribution in [-0.2, 0) is 0 Å². The molecule has 0 N–H and O–H groups in total. The van der Waals surface area contributed by atoms with Gasteiger partial charge in [0.2, 0.25) is 0 Å². The highest BCUT2D eigenvalue weighted by Gasteiger charge is 2.05. The topological polar surface area (TPSA) is 23.8 Å². The van der Waals surface area contributed by atoms with Crippen molar-refractivity contribution in [2.24, 2.45) is 5.92 Å². The lowest BCUT2D eigenvalue weighted by Gasteiger charge is -2.08. The zero-order chi connectivity index (χ0) is 11.3. The van der Waals surface area contributed by atoms with E-state index in [0.29, 0.717) is 17.4 Å². The van der Waals surface area contributed by atoms with Crippen molar-refractivity contribution >= 4 is 39.3 Å². The van der Waals surface area contributed by atoms with Gasteiger partial charge in [-0.1, -0.05) is 6.92 Å². The molecule has 80 valence electrons. The van der Waals surface area contributed by atoms with Gasteiger partial charge >= 0.3 is 0 Å². The van der Waals surface area contributed by atoms with Gasteiger partial charge in [0.25, 0.3) is 0 Å². The average molecular weight is 305 g/mol. The lowest BCUT2D eigenvalue weighted by molar-refractivity contribution is 0.759. The standard InChI is InChI=1S/C11H11BrClNS/c1-8(5-13)7-15-11-3-2-9(6-14)4-10(11)12/h2-4,8H,5,7H2,1H3. The van der Waals surface area contributed by atoms with E-state index in [1.165, 1.54) is 0 Å². The summed E-state index contributed by atoms with van der Waals surface area (Å²) in [5, 5.41) is 8.71. The summed E-state index contributed by atoms with van der Waals surface area (Å²) in [5.74, 6) is 2.17. The molecule has 4 heteroatoms. The quantitative estimate of drug-likeness (QED) is 0.612. The molecule has 1 aromatic carbocycles. The molecule has 0 bridgehead atoms. The summed E-state index contributed by atoms with van der Waals surface area (Å²) < 4.78 is 0.980. The van der Waals surface area contributed by atoms with Crippen LogP contribution in [0.1, 0.15) is 12.5 Å². The number of benzene rings is 1. The molecule has 1 atom stereocenters. The number of hydrogen-bond donors (Lipinski definition) is 0. The normalized spacial score (nSPS) is 12.1. The first-order valence-electron chi connectivity index (χ1n) is 4.55. The van der Waals surface area contributed by atoms with Gasteiger partial charge in [0.05, 0.1) is 11.6 Å². The Hall–Kier alpha value is -0.170. The Morgan fingerprint density at radius 1 is 1.60 bits per heavy atom. The van der Waals surface area contributed by atoms with Crippen LogP contribution in [-0.4, -0.2) is 11.6 Å². The first-order valence-corrected chi connectivity index (χ1v) is 6.87. The third-order valence-corrected chi connectivity index (χ3v) is 4.70. The molecule has 1 aromatic rings. The maximum atomic E-state index is 8.71. The molecule has 0 aliphatic heterocycles. The van der Waals surface area contributed by atoms with Crippen LogP contribution in [0.2, 0.25) is 0 Å². The molecule has 0 aliphatic rings. The van der Waals surface area contributed by atoms with Gasteiger partial charge in [0, 0.05) is 21.0 Å². The molecule has 0 saturated carbocycles. The number of rotatable bonds is 4. The van der Waals surface area contributed by atoms with Gasteiger partial charge in [-0.05, 0) is 40.0 Å². The largest absolute Gasteiger partial charge is 0.192 e. The number of hydrogen-bond acceptors (Lipinski definition) is 2. The van der Waals surface area contributed by atoms with Crippen molar-refractivity contribution < 1.29 is 0 Å². The van der Waals surface area contributed by atoms with Crippen LogP contribution in [0.25, 0.3) is 0 Å². The second-order valence-electron chi connectivity index (χ2n) is 3.33. The molecule has 0 heterocycles. The van der Waals surface area contributed by atoms with Crippen LogP contribution in [0.4, 0.5) is 0 Å². The molecule has 15 heavy (non-hydrogen) atoms. The van der Waals surface area contributed by atoms with Crippen LogP contribution in [0.15, 0.2) is 27.6 Å². The highest BCUT2D eigenvalue weighted by atomic mass is 79.9. The van der Waals surface area contributed by atoms with E-state index >= 15 is 0 Å². The van der Waals surface area contributed by atoms with Crippen molar-refractivity contribution in [3.8, 4) is 6.07 Å². The predicted octanol–water partition coefficient (Wildman–Crippen LogP) is 4.29.